The number of amides is 1. The van der Waals surface area contributed by atoms with Gasteiger partial charge in [-0.25, -0.2) is 9.78 Å². The lowest BCUT2D eigenvalue weighted by molar-refractivity contribution is 0.0000694. The Bertz CT molecular complexity index is 266. The summed E-state index contributed by atoms with van der Waals surface area (Å²) in [4.78, 5) is 15.0. The molecule has 0 unspecified atom stereocenters. The highest BCUT2D eigenvalue weighted by atomic mass is 16.5. The molecule has 0 spiro atoms. The first-order chi connectivity index (χ1) is 5.86. The molecule has 0 aliphatic carbocycles. The largest absolute Gasteiger partial charge is 0.377 e. The summed E-state index contributed by atoms with van der Waals surface area (Å²) in [5.74, 6) is 0. The van der Waals surface area contributed by atoms with E-state index in [-0.39, 0.29) is 12.1 Å². The van der Waals surface area contributed by atoms with Crippen LogP contribution >= 0.6 is 0 Å². The molecule has 0 atom stereocenters. The summed E-state index contributed by atoms with van der Waals surface area (Å²) in [5, 5.41) is 2.78. The molecule has 64 valence electrons. The van der Waals surface area contributed by atoms with Crippen molar-refractivity contribution in [1.29, 1.82) is 0 Å². The van der Waals surface area contributed by atoms with Crippen LogP contribution < -0.4 is 5.32 Å². The summed E-state index contributed by atoms with van der Waals surface area (Å²) in [6.45, 7) is 1.22. The molecule has 1 saturated heterocycles. The zero-order chi connectivity index (χ0) is 8.39. The number of carbonyl (C=O) groups excluding carboxylic acids is 1. The van der Waals surface area contributed by atoms with Crippen LogP contribution in [0.1, 0.15) is 0 Å². The van der Waals surface area contributed by atoms with Gasteiger partial charge in [-0.1, -0.05) is 0 Å². The number of nitrogens with zero attached hydrogens (tertiary/aromatic N) is 2. The molecule has 1 fully saturated rings. The maximum atomic E-state index is 11.3. The Morgan fingerprint density at radius 2 is 2.50 bits per heavy atom. The number of hydrogen-bond acceptors (Lipinski definition) is 3. The molecule has 5 nitrogen and oxygen atoms in total. The molecular formula is C7H9N3O2. The number of imidazole rings is 1. The highest BCUT2D eigenvalue weighted by molar-refractivity contribution is 5.76. The predicted octanol–water partition coefficient (Wildman–Crippen LogP) is -0.160. The molecular weight excluding hydrogens is 158 g/mol. The maximum Gasteiger partial charge on any atom is 0.327 e. The lowest BCUT2D eigenvalue weighted by Gasteiger charge is -2.26. The zero-order valence-corrected chi connectivity index (χ0v) is 6.43. The molecule has 1 aliphatic heterocycles. The van der Waals surface area contributed by atoms with Crippen molar-refractivity contribution < 1.29 is 9.53 Å². The summed E-state index contributed by atoms with van der Waals surface area (Å²) in [6, 6.07) is 0.0145. The van der Waals surface area contributed by atoms with Gasteiger partial charge in [0.15, 0.2) is 0 Å². The van der Waals surface area contributed by atoms with Crippen LogP contribution in [0, 0.1) is 0 Å². The Kier molecular flexibility index (Phi) is 1.79. The van der Waals surface area contributed by atoms with Gasteiger partial charge in [-0.2, -0.15) is 0 Å². The van der Waals surface area contributed by atoms with Gasteiger partial charge in [0.1, 0.15) is 6.33 Å². The van der Waals surface area contributed by atoms with Crippen LogP contribution in [-0.4, -0.2) is 34.8 Å². The molecule has 0 bridgehead atoms. The average Bonchev–Trinajstić information content (AvgIpc) is 2.47. The van der Waals surface area contributed by atoms with Crippen LogP contribution in [0.25, 0.3) is 0 Å². The van der Waals surface area contributed by atoms with Crippen LogP contribution in [0.5, 0.6) is 0 Å². The van der Waals surface area contributed by atoms with E-state index in [0.29, 0.717) is 13.2 Å². The Labute approximate surface area is 69.3 Å². The van der Waals surface area contributed by atoms with Crippen molar-refractivity contribution in [1.82, 2.24) is 14.9 Å². The van der Waals surface area contributed by atoms with Gasteiger partial charge >= 0.3 is 6.03 Å². The molecule has 0 saturated carbocycles. The fourth-order valence-corrected chi connectivity index (χ4v) is 0.947. The topological polar surface area (TPSA) is 56.1 Å². The van der Waals surface area contributed by atoms with Crippen LogP contribution in [0.4, 0.5) is 4.79 Å². The van der Waals surface area contributed by atoms with Crippen molar-refractivity contribution >= 4 is 6.03 Å². The fraction of sp³-hybridized carbons (Fsp3) is 0.429. The van der Waals surface area contributed by atoms with Crippen molar-refractivity contribution in [3.63, 3.8) is 0 Å². The second kappa shape index (κ2) is 2.94. The Hall–Kier alpha value is -1.36. The zero-order valence-electron chi connectivity index (χ0n) is 6.43. The van der Waals surface area contributed by atoms with E-state index in [2.05, 4.69) is 10.3 Å². The van der Waals surface area contributed by atoms with E-state index < -0.39 is 0 Å². The molecule has 1 aromatic rings. The van der Waals surface area contributed by atoms with Crippen molar-refractivity contribution in [2.24, 2.45) is 0 Å². The molecule has 12 heavy (non-hydrogen) atoms. The molecule has 0 aromatic carbocycles. The van der Waals surface area contributed by atoms with Gasteiger partial charge in [0.2, 0.25) is 0 Å². The number of carbonyl (C=O) groups is 1. The smallest absolute Gasteiger partial charge is 0.327 e. The van der Waals surface area contributed by atoms with Gasteiger partial charge in [0.25, 0.3) is 0 Å². The van der Waals surface area contributed by atoms with Crippen molar-refractivity contribution in [3.05, 3.63) is 18.7 Å². The Morgan fingerprint density at radius 3 is 3.00 bits per heavy atom. The summed E-state index contributed by atoms with van der Waals surface area (Å²) >= 11 is 0. The van der Waals surface area contributed by atoms with Gasteiger partial charge in [-0.05, 0) is 0 Å². The summed E-state index contributed by atoms with van der Waals surface area (Å²) in [7, 11) is 0. The third-order valence-electron chi connectivity index (χ3n) is 1.70. The van der Waals surface area contributed by atoms with E-state index in [9.17, 15) is 4.79 Å². The molecule has 2 heterocycles. The van der Waals surface area contributed by atoms with Gasteiger partial charge in [-0.15, -0.1) is 0 Å². The fourth-order valence-electron chi connectivity index (χ4n) is 0.947. The summed E-state index contributed by atoms with van der Waals surface area (Å²) < 4.78 is 6.31. The lowest BCUT2D eigenvalue weighted by atomic mass is 10.3. The van der Waals surface area contributed by atoms with Crippen LogP contribution in [-0.2, 0) is 4.74 Å². The Balaban J connectivity index is 1.92. The van der Waals surface area contributed by atoms with Crippen LogP contribution in [0.2, 0.25) is 0 Å². The number of ether oxygens (including phenoxy) is 1. The lowest BCUT2D eigenvalue weighted by Crippen LogP contribution is -2.49. The number of nitrogens with one attached hydrogen (secondary N) is 1. The maximum absolute atomic E-state index is 11.3. The van der Waals surface area contributed by atoms with Crippen LogP contribution in [0.3, 0.4) is 0 Å². The molecule has 0 radical (unpaired) electrons. The first kappa shape index (κ1) is 7.30. The SMILES string of the molecule is O=C(NC1COC1)n1ccnc1. The van der Waals surface area contributed by atoms with Crippen molar-refractivity contribution in [3.8, 4) is 0 Å². The first-order valence-electron chi connectivity index (χ1n) is 3.73. The van der Waals surface area contributed by atoms with Gasteiger partial charge in [-0.3, -0.25) is 4.57 Å². The molecule has 1 aliphatic rings. The molecule has 1 N–H and O–H groups in total. The van der Waals surface area contributed by atoms with Crippen molar-refractivity contribution in [2.45, 2.75) is 6.04 Å². The minimum Gasteiger partial charge on any atom is -0.377 e. The Morgan fingerprint density at radius 1 is 1.67 bits per heavy atom. The average molecular weight is 167 g/mol. The first-order valence-corrected chi connectivity index (χ1v) is 3.73. The summed E-state index contributed by atoms with van der Waals surface area (Å²) in [6.07, 6.45) is 4.64. The van der Waals surface area contributed by atoms with E-state index in [1.54, 1.807) is 12.4 Å². The van der Waals surface area contributed by atoms with Crippen LogP contribution in [0.15, 0.2) is 18.7 Å². The standard InChI is InChI=1S/C7H9N3O2/c11-7(9-6-3-12-4-6)10-2-1-8-5-10/h1-2,5-6H,3-4H2,(H,9,11). The second-order valence-corrected chi connectivity index (χ2v) is 2.65. The van der Waals surface area contributed by atoms with E-state index in [4.69, 9.17) is 4.74 Å². The highest BCUT2D eigenvalue weighted by Gasteiger charge is 2.20. The molecule has 1 aromatic heterocycles. The molecule has 5 heteroatoms. The minimum atomic E-state index is -0.152. The number of hydrogen-bond donors (Lipinski definition) is 1. The number of aromatic nitrogens is 2. The summed E-state index contributed by atoms with van der Waals surface area (Å²) in [5.41, 5.74) is 0. The van der Waals surface area contributed by atoms with E-state index in [0.717, 1.165) is 0 Å². The van der Waals surface area contributed by atoms with E-state index in [1.165, 1.54) is 10.9 Å². The molecule has 1 amide bonds. The highest BCUT2D eigenvalue weighted by Crippen LogP contribution is 1.99. The monoisotopic (exact) mass is 167 g/mol. The normalized spacial score (nSPS) is 17.0. The minimum absolute atomic E-state index is 0.152. The van der Waals surface area contributed by atoms with E-state index >= 15 is 0 Å². The quantitative estimate of drug-likeness (QED) is 0.632. The third kappa shape index (κ3) is 1.31. The number of rotatable bonds is 1. The van der Waals surface area contributed by atoms with Gasteiger partial charge < -0.3 is 10.1 Å². The van der Waals surface area contributed by atoms with Gasteiger partial charge in [0.05, 0.1) is 19.3 Å². The van der Waals surface area contributed by atoms with Gasteiger partial charge in [0, 0.05) is 12.4 Å². The molecule has 2 rings (SSSR count). The van der Waals surface area contributed by atoms with Crippen molar-refractivity contribution in [2.75, 3.05) is 13.2 Å². The second-order valence-electron chi connectivity index (χ2n) is 2.65. The predicted molar refractivity (Wildman–Crippen MR) is 40.8 cm³/mol. The van der Waals surface area contributed by atoms with E-state index in [1.807, 2.05) is 0 Å². The third-order valence-corrected chi connectivity index (χ3v) is 1.70.